The van der Waals surface area contributed by atoms with Gasteiger partial charge >= 0.3 is 12.2 Å². The van der Waals surface area contributed by atoms with Crippen molar-refractivity contribution in [3.05, 3.63) is 199 Å². The van der Waals surface area contributed by atoms with E-state index < -0.39 is 17.3 Å². The fraction of sp³-hybridized carbons (Fsp3) is 0.537. The van der Waals surface area contributed by atoms with E-state index in [-0.39, 0.29) is 55.2 Å². The summed E-state index contributed by atoms with van der Waals surface area (Å²) in [6, 6.07) is 62.3. The quantitative estimate of drug-likeness (QED) is 0.0552. The van der Waals surface area contributed by atoms with Gasteiger partial charge in [-0.15, -0.1) is 0 Å². The van der Waals surface area contributed by atoms with E-state index in [1.54, 1.807) is 19.8 Å². The lowest BCUT2D eigenvalue weighted by atomic mass is 9.90. The number of carbonyl (C=O) groups is 2. The molecular weight excluding hydrogens is 1210 g/mol. The molecule has 6 aliphatic rings. The van der Waals surface area contributed by atoms with Gasteiger partial charge in [0.05, 0.1) is 0 Å². The van der Waals surface area contributed by atoms with Gasteiger partial charge in [-0.25, -0.2) is 9.59 Å². The zero-order valence-electron chi connectivity index (χ0n) is 59.2. The topological polar surface area (TPSA) is 135 Å². The fourth-order valence-electron chi connectivity index (χ4n) is 14.5. The molecule has 2 amide bonds. The van der Waals surface area contributed by atoms with Gasteiger partial charge in [0.1, 0.15) is 66.6 Å². The largest absolute Gasteiger partial charge is 0.491 e. The minimum atomic E-state index is -0.551. The minimum Gasteiger partial charge on any atom is -0.491 e. The number of amides is 2. The first-order valence-electron chi connectivity index (χ1n) is 36.1. The first-order chi connectivity index (χ1) is 46.9. The predicted molar refractivity (Wildman–Crippen MR) is 385 cm³/mol. The molecule has 97 heavy (non-hydrogen) atoms. The smallest absolute Gasteiger partial charge is 0.410 e. The molecule has 0 spiro atoms. The lowest BCUT2D eigenvalue weighted by Crippen LogP contribution is -2.51. The van der Waals surface area contributed by atoms with Crippen molar-refractivity contribution in [3.63, 3.8) is 0 Å². The lowest BCUT2D eigenvalue weighted by Gasteiger charge is -2.40. The van der Waals surface area contributed by atoms with Gasteiger partial charge in [0.2, 0.25) is 0 Å². The number of benzene rings is 6. The van der Waals surface area contributed by atoms with Crippen LogP contribution in [-0.4, -0.2) is 188 Å². The van der Waals surface area contributed by atoms with Crippen LogP contribution in [0.3, 0.4) is 0 Å². The summed E-state index contributed by atoms with van der Waals surface area (Å²) in [5.74, 6) is 5.97. The van der Waals surface area contributed by atoms with Crippen LogP contribution in [0.1, 0.15) is 140 Å². The number of likely N-dealkylation sites (tertiary alicyclic amines) is 3. The number of ether oxygens (including phenoxy) is 7. The number of nitrogens with zero attached hydrogens (tertiary/aromatic N) is 5. The Morgan fingerprint density at radius 3 is 1.10 bits per heavy atom. The molecule has 3 saturated heterocycles. The molecule has 1 N–H and O–H groups in total. The standard InChI is InChI=1S/C29H40N2O4.C28H38N2O4.C25H33NO2/c1-29(2,3)35-28(32)31(27-19-26(27)22-11-7-5-8-12-22)23-15-17-30(18-16-23)20-25(33-4)21-34-24-13-9-6-10-14-24;1-28(2,3)34-27(32)30(26-18-25(26)21-10-6-4-7-11-21)22-14-16-29(17-15-22)19-23(31)20-33-24-12-8-5-9-13-24;1-27-24(19-28-23-10-6-3-7-11-23)18-26-14-12-20(13-15-26)16-22-17-25(22)21-8-4-2-5-9-21/h5-14,23,25-27H,15-21H2,1-4H3;4-13,22-23,25-26,31H,14-20H2,1-3H3;2-11,20,22,24-25H,12-19H2,1H3/t25?,26-,27+;23?,25-,26+;22-,24?,25+/m110/s1. The zero-order chi connectivity index (χ0) is 68.2. The molecule has 6 fully saturated rings. The molecular formula is C82H111N5O10. The SMILES string of the molecule is CC(C)(C)OC(=O)N(C1CCN(CC(O)COc2ccccc2)CC1)[C@H]1C[C@@H]1c1ccccc1.COC(COc1ccccc1)CN1CCC(C[C@H]2C[C@@H]2c2ccccc2)CC1.COC(COc1ccccc1)CN1CCC(N(C(=O)OC(C)(C)C)[C@H]2C[C@@H]2c2ccccc2)CC1. The second-order valence-corrected chi connectivity index (χ2v) is 29.7. The van der Waals surface area contributed by atoms with Gasteiger partial charge < -0.3 is 62.8 Å². The lowest BCUT2D eigenvalue weighted by molar-refractivity contribution is -0.00416. The van der Waals surface area contributed by atoms with Crippen LogP contribution in [-0.2, 0) is 18.9 Å². The van der Waals surface area contributed by atoms with E-state index in [0.717, 1.165) is 113 Å². The Kier molecular flexibility index (Phi) is 26.8. The highest BCUT2D eigenvalue weighted by Gasteiger charge is 2.50. The molecule has 3 heterocycles. The monoisotopic (exact) mass is 1330 g/mol. The molecule has 0 bridgehead atoms. The van der Waals surface area contributed by atoms with E-state index in [1.165, 1.54) is 49.9 Å². The first-order valence-corrected chi connectivity index (χ1v) is 36.1. The summed E-state index contributed by atoms with van der Waals surface area (Å²) in [4.78, 5) is 37.9. The summed E-state index contributed by atoms with van der Waals surface area (Å²) in [5, 5.41) is 10.5. The Labute approximate surface area is 579 Å². The van der Waals surface area contributed by atoms with E-state index in [9.17, 15) is 14.7 Å². The van der Waals surface area contributed by atoms with Gasteiger partial charge in [0.15, 0.2) is 0 Å². The first kappa shape index (κ1) is 72.8. The van der Waals surface area contributed by atoms with Gasteiger partial charge in [0, 0.05) is 96.0 Å². The summed E-state index contributed by atoms with van der Waals surface area (Å²) >= 11 is 0. The maximum atomic E-state index is 13.3. The molecule has 15 nitrogen and oxygen atoms in total. The molecule has 9 atom stereocenters. The molecule has 12 rings (SSSR count). The van der Waals surface area contributed by atoms with E-state index in [1.807, 2.05) is 150 Å². The van der Waals surface area contributed by atoms with Gasteiger partial charge in [-0.2, -0.15) is 0 Å². The van der Waals surface area contributed by atoms with Crippen molar-refractivity contribution in [3.8, 4) is 17.2 Å². The number of para-hydroxylation sites is 3. The van der Waals surface area contributed by atoms with Gasteiger partial charge in [0.25, 0.3) is 0 Å². The third kappa shape index (κ3) is 23.3. The molecule has 6 aromatic rings. The predicted octanol–water partition coefficient (Wildman–Crippen LogP) is 15.0. The van der Waals surface area contributed by atoms with Crippen LogP contribution in [0.2, 0.25) is 0 Å². The highest BCUT2D eigenvalue weighted by molar-refractivity contribution is 5.71. The number of hydrogen-bond donors (Lipinski definition) is 1. The Morgan fingerprint density at radius 1 is 0.433 bits per heavy atom. The van der Waals surface area contributed by atoms with E-state index in [4.69, 9.17) is 33.2 Å². The molecule has 6 aromatic carbocycles. The third-order valence-corrected chi connectivity index (χ3v) is 19.9. The normalized spacial score (nSPS) is 22.6. The van der Waals surface area contributed by atoms with Gasteiger partial charge in [-0.05, 0) is 190 Å². The van der Waals surface area contributed by atoms with Crippen molar-refractivity contribution in [2.75, 3.05) is 92.9 Å². The molecule has 0 radical (unpaired) electrons. The number of β-amino-alcohol motifs (C(OH)–C–C–N with tert-alkyl or cyclic N) is 1. The van der Waals surface area contributed by atoms with Crippen molar-refractivity contribution in [1.29, 1.82) is 0 Å². The van der Waals surface area contributed by atoms with Crippen LogP contribution in [0.4, 0.5) is 9.59 Å². The Bertz CT molecular complexity index is 3210. The van der Waals surface area contributed by atoms with Gasteiger partial charge in [-0.1, -0.05) is 146 Å². The average molecular weight is 1330 g/mol. The summed E-state index contributed by atoms with van der Waals surface area (Å²) in [7, 11) is 3.54. The van der Waals surface area contributed by atoms with Crippen LogP contribution in [0.15, 0.2) is 182 Å². The third-order valence-electron chi connectivity index (χ3n) is 19.9. The molecule has 3 aliphatic heterocycles. The Hall–Kier alpha value is -6.98. The second kappa shape index (κ2) is 35.7. The van der Waals surface area contributed by atoms with Crippen LogP contribution in [0, 0.1) is 11.8 Å². The molecule has 0 aromatic heterocycles. The number of hydrogen-bond acceptors (Lipinski definition) is 13. The molecule has 15 heteroatoms. The Balaban J connectivity index is 0.000000159. The Morgan fingerprint density at radius 2 is 0.753 bits per heavy atom. The highest BCUT2D eigenvalue weighted by Crippen LogP contribution is 2.52. The highest BCUT2D eigenvalue weighted by atomic mass is 16.6. The molecule has 524 valence electrons. The summed E-state index contributed by atoms with van der Waals surface area (Å²) in [6.45, 7) is 21.3. The van der Waals surface area contributed by atoms with Crippen molar-refractivity contribution in [1.82, 2.24) is 24.5 Å². The second-order valence-electron chi connectivity index (χ2n) is 29.7. The molecule has 3 unspecified atom stereocenters. The van der Waals surface area contributed by atoms with Crippen LogP contribution in [0.5, 0.6) is 17.2 Å². The molecule has 3 aliphatic carbocycles. The summed E-state index contributed by atoms with van der Waals surface area (Å²) in [6.07, 6.45) is 10.3. The minimum absolute atomic E-state index is 0.000363. The van der Waals surface area contributed by atoms with Crippen LogP contribution < -0.4 is 14.2 Å². The number of aliphatic hydroxyl groups is 1. The van der Waals surface area contributed by atoms with Gasteiger partial charge in [-0.3, -0.25) is 0 Å². The van der Waals surface area contributed by atoms with E-state index in [2.05, 4.69) is 98.5 Å². The number of piperidine rings is 3. The fourth-order valence-corrected chi connectivity index (χ4v) is 14.5. The maximum absolute atomic E-state index is 13.3. The number of methoxy groups -OCH3 is 2. The number of aliphatic hydroxyl groups excluding tert-OH is 1. The van der Waals surface area contributed by atoms with Crippen LogP contribution in [0.25, 0.3) is 0 Å². The van der Waals surface area contributed by atoms with Crippen LogP contribution >= 0.6 is 0 Å². The van der Waals surface area contributed by atoms with Crippen molar-refractivity contribution in [2.24, 2.45) is 11.8 Å². The maximum Gasteiger partial charge on any atom is 0.410 e. The van der Waals surface area contributed by atoms with E-state index >= 15 is 0 Å². The van der Waals surface area contributed by atoms with Crippen molar-refractivity contribution in [2.45, 2.75) is 177 Å². The van der Waals surface area contributed by atoms with Crippen molar-refractivity contribution >= 4 is 12.2 Å². The average Bonchev–Trinajstić information content (AvgIpc) is 1.61. The number of carbonyl (C=O) groups excluding carboxylic acids is 2. The number of rotatable bonds is 26. The van der Waals surface area contributed by atoms with Crippen molar-refractivity contribution < 1.29 is 47.9 Å². The molecule has 3 saturated carbocycles. The zero-order valence-corrected chi connectivity index (χ0v) is 59.2. The summed E-state index contributed by atoms with van der Waals surface area (Å²) < 4.78 is 40.5. The summed E-state index contributed by atoms with van der Waals surface area (Å²) in [5.41, 5.74) is 3.13. The van der Waals surface area contributed by atoms with E-state index in [0.29, 0.717) is 31.6 Å².